The molecule has 0 radical (unpaired) electrons. The quantitative estimate of drug-likeness (QED) is 0.773. The lowest BCUT2D eigenvalue weighted by molar-refractivity contribution is -0.114. The maximum atomic E-state index is 13.5. The Labute approximate surface area is 109 Å². The van der Waals surface area contributed by atoms with E-state index in [0.29, 0.717) is 18.2 Å². The van der Waals surface area contributed by atoms with Gasteiger partial charge in [0.15, 0.2) is 0 Å². The van der Waals surface area contributed by atoms with Crippen LogP contribution < -0.4 is 4.90 Å². The monoisotopic (exact) mass is 267 g/mol. The number of anilines is 1. The second kappa shape index (κ2) is 4.05. The molecule has 3 nitrogen and oxygen atoms in total. The lowest BCUT2D eigenvalue weighted by Crippen LogP contribution is -2.36. The van der Waals surface area contributed by atoms with Gasteiger partial charge in [-0.2, -0.15) is 0 Å². The average Bonchev–Trinajstić information content (AvgIpc) is 2.49. The van der Waals surface area contributed by atoms with Crippen LogP contribution in [0.3, 0.4) is 0 Å². The number of carbonyl (C=O) groups excluding carboxylic acids is 2. The molecule has 0 atom stereocenters. The number of fused-ring (bicyclic) bond motifs is 1. The van der Waals surface area contributed by atoms with E-state index in [-0.39, 0.29) is 10.6 Å². The molecule has 0 N–H and O–H groups in total. The topological polar surface area (TPSA) is 37.4 Å². The molecule has 0 bridgehead atoms. The fourth-order valence-corrected chi connectivity index (χ4v) is 2.57. The normalized spacial score (nSPS) is 19.1. The molecule has 2 aliphatic rings. The van der Waals surface area contributed by atoms with Crippen molar-refractivity contribution >= 4 is 29.0 Å². The van der Waals surface area contributed by atoms with Crippen molar-refractivity contribution in [1.29, 1.82) is 0 Å². The molecule has 0 unspecified atom stereocenters. The molecule has 0 spiro atoms. The molecule has 1 aromatic rings. The van der Waals surface area contributed by atoms with Gasteiger partial charge in [0.1, 0.15) is 5.82 Å². The zero-order chi connectivity index (χ0) is 12.9. The Bertz CT molecular complexity index is 554. The summed E-state index contributed by atoms with van der Waals surface area (Å²) < 4.78 is 13.5. The van der Waals surface area contributed by atoms with Crippen LogP contribution >= 0.6 is 11.6 Å². The third kappa shape index (κ3) is 1.63. The second-order valence-corrected chi connectivity index (χ2v) is 5.23. The molecule has 1 fully saturated rings. The Balaban J connectivity index is 2.00. The number of ketones is 1. The molecular weight excluding hydrogens is 257 g/mol. The van der Waals surface area contributed by atoms with E-state index in [0.717, 1.165) is 19.3 Å². The van der Waals surface area contributed by atoms with Crippen LogP contribution in [0.2, 0.25) is 5.02 Å². The summed E-state index contributed by atoms with van der Waals surface area (Å²) in [6, 6.07) is 2.42. The SMILES string of the molecule is O=C1C(=O)N(CC2CCC2)c2cc(F)c(Cl)cc21. The van der Waals surface area contributed by atoms with Gasteiger partial charge in [0.05, 0.1) is 16.3 Å². The Morgan fingerprint density at radius 2 is 2.06 bits per heavy atom. The number of rotatable bonds is 2. The van der Waals surface area contributed by atoms with Crippen molar-refractivity contribution in [2.45, 2.75) is 19.3 Å². The molecular formula is C13H11ClFNO2. The summed E-state index contributed by atoms with van der Waals surface area (Å²) in [5, 5.41) is -0.125. The van der Waals surface area contributed by atoms with E-state index in [1.54, 1.807) is 0 Å². The van der Waals surface area contributed by atoms with E-state index in [2.05, 4.69) is 0 Å². The zero-order valence-corrected chi connectivity index (χ0v) is 10.3. The van der Waals surface area contributed by atoms with E-state index in [1.807, 2.05) is 0 Å². The van der Waals surface area contributed by atoms with E-state index in [9.17, 15) is 14.0 Å². The van der Waals surface area contributed by atoms with Crippen molar-refractivity contribution in [3.05, 3.63) is 28.5 Å². The average molecular weight is 268 g/mol. The number of Topliss-reactive ketones (excluding diaryl/α,β-unsaturated/α-hetero) is 1. The molecule has 1 saturated carbocycles. The van der Waals surface area contributed by atoms with Gasteiger partial charge >= 0.3 is 0 Å². The predicted octanol–water partition coefficient (Wildman–Crippen LogP) is 2.81. The number of hydrogen-bond donors (Lipinski definition) is 0. The highest BCUT2D eigenvalue weighted by molar-refractivity contribution is 6.52. The molecule has 1 aliphatic carbocycles. The molecule has 1 amide bonds. The molecule has 0 aromatic heterocycles. The van der Waals surface area contributed by atoms with E-state index in [4.69, 9.17) is 11.6 Å². The highest BCUT2D eigenvalue weighted by Gasteiger charge is 2.38. The number of nitrogens with zero attached hydrogens (tertiary/aromatic N) is 1. The van der Waals surface area contributed by atoms with Gasteiger partial charge in [-0.3, -0.25) is 9.59 Å². The number of halogens is 2. The maximum absolute atomic E-state index is 13.5. The first kappa shape index (κ1) is 11.7. The third-order valence-electron chi connectivity index (χ3n) is 3.68. The zero-order valence-electron chi connectivity index (χ0n) is 9.58. The van der Waals surface area contributed by atoms with Crippen molar-refractivity contribution in [3.8, 4) is 0 Å². The van der Waals surface area contributed by atoms with Crippen molar-refractivity contribution in [3.63, 3.8) is 0 Å². The first-order valence-electron chi connectivity index (χ1n) is 5.93. The Kier molecular flexibility index (Phi) is 2.63. The maximum Gasteiger partial charge on any atom is 0.299 e. The largest absolute Gasteiger partial charge is 0.304 e. The van der Waals surface area contributed by atoms with Gasteiger partial charge in [0.2, 0.25) is 0 Å². The van der Waals surface area contributed by atoms with Gasteiger partial charge < -0.3 is 4.90 Å². The fourth-order valence-electron chi connectivity index (χ4n) is 2.40. The molecule has 3 rings (SSSR count). The van der Waals surface area contributed by atoms with Crippen LogP contribution in [0.15, 0.2) is 12.1 Å². The van der Waals surface area contributed by atoms with Crippen LogP contribution in [0.5, 0.6) is 0 Å². The number of carbonyl (C=O) groups is 2. The standard InChI is InChI=1S/C13H11ClFNO2/c14-9-4-8-11(5-10(9)15)16(13(18)12(8)17)6-7-2-1-3-7/h4-5,7H,1-3,6H2. The Hall–Kier alpha value is -1.42. The van der Waals surface area contributed by atoms with Crippen LogP contribution in [0.4, 0.5) is 10.1 Å². The minimum atomic E-state index is -0.600. The molecule has 5 heteroatoms. The second-order valence-electron chi connectivity index (χ2n) is 4.83. The van der Waals surface area contributed by atoms with Crippen molar-refractivity contribution in [2.75, 3.05) is 11.4 Å². The molecule has 18 heavy (non-hydrogen) atoms. The van der Waals surface area contributed by atoms with Crippen molar-refractivity contribution in [2.24, 2.45) is 5.92 Å². The number of benzene rings is 1. The molecule has 1 aromatic carbocycles. The van der Waals surface area contributed by atoms with Crippen molar-refractivity contribution in [1.82, 2.24) is 0 Å². The minimum absolute atomic E-state index is 0.125. The van der Waals surface area contributed by atoms with E-state index >= 15 is 0 Å². The predicted molar refractivity (Wildman–Crippen MR) is 65.4 cm³/mol. The fraction of sp³-hybridized carbons (Fsp3) is 0.385. The lowest BCUT2D eigenvalue weighted by atomic mass is 9.85. The van der Waals surface area contributed by atoms with Gasteiger partial charge in [-0.15, -0.1) is 0 Å². The van der Waals surface area contributed by atoms with Crippen LogP contribution in [0.1, 0.15) is 29.6 Å². The smallest absolute Gasteiger partial charge is 0.299 e. The van der Waals surface area contributed by atoms with Gasteiger partial charge in [0, 0.05) is 6.54 Å². The summed E-state index contributed by atoms with van der Waals surface area (Å²) in [4.78, 5) is 25.0. The highest BCUT2D eigenvalue weighted by atomic mass is 35.5. The summed E-state index contributed by atoms with van der Waals surface area (Å²) in [5.74, 6) is -1.34. The van der Waals surface area contributed by atoms with Crippen LogP contribution in [-0.4, -0.2) is 18.2 Å². The summed E-state index contributed by atoms with van der Waals surface area (Å²) in [6.07, 6.45) is 3.27. The third-order valence-corrected chi connectivity index (χ3v) is 3.97. The first-order chi connectivity index (χ1) is 8.58. The summed E-state index contributed by atoms with van der Waals surface area (Å²) in [6.45, 7) is 0.499. The lowest BCUT2D eigenvalue weighted by Gasteiger charge is -2.29. The minimum Gasteiger partial charge on any atom is -0.304 e. The Morgan fingerprint density at radius 1 is 1.33 bits per heavy atom. The van der Waals surface area contributed by atoms with Crippen LogP contribution in [-0.2, 0) is 4.79 Å². The number of amides is 1. The molecule has 94 valence electrons. The molecule has 1 heterocycles. The van der Waals surface area contributed by atoms with Gasteiger partial charge in [-0.1, -0.05) is 18.0 Å². The molecule has 1 aliphatic heterocycles. The van der Waals surface area contributed by atoms with Crippen LogP contribution in [0.25, 0.3) is 0 Å². The van der Waals surface area contributed by atoms with Crippen LogP contribution in [0, 0.1) is 11.7 Å². The number of hydrogen-bond acceptors (Lipinski definition) is 2. The van der Waals surface area contributed by atoms with Crippen molar-refractivity contribution < 1.29 is 14.0 Å². The van der Waals surface area contributed by atoms with E-state index in [1.165, 1.54) is 17.0 Å². The van der Waals surface area contributed by atoms with Gasteiger partial charge in [-0.25, -0.2) is 4.39 Å². The first-order valence-corrected chi connectivity index (χ1v) is 6.31. The molecule has 0 saturated heterocycles. The summed E-state index contributed by atoms with van der Waals surface area (Å²) in [7, 11) is 0. The highest BCUT2D eigenvalue weighted by Crippen LogP contribution is 2.36. The summed E-state index contributed by atoms with van der Waals surface area (Å²) in [5.41, 5.74) is 0.574. The van der Waals surface area contributed by atoms with Gasteiger partial charge in [0.25, 0.3) is 11.7 Å². The summed E-state index contributed by atoms with van der Waals surface area (Å²) >= 11 is 5.64. The van der Waals surface area contributed by atoms with E-state index < -0.39 is 17.5 Å². The van der Waals surface area contributed by atoms with Gasteiger partial charge in [-0.05, 0) is 30.9 Å². The Morgan fingerprint density at radius 3 is 2.67 bits per heavy atom.